The molecule has 1 saturated carbocycles. The van der Waals surface area contributed by atoms with Crippen molar-refractivity contribution >= 4 is 11.9 Å². The van der Waals surface area contributed by atoms with Gasteiger partial charge in [0.15, 0.2) is 0 Å². The molecule has 0 atom stereocenters. The van der Waals surface area contributed by atoms with Crippen LogP contribution in [0, 0.1) is 0 Å². The van der Waals surface area contributed by atoms with E-state index in [0.29, 0.717) is 12.8 Å². The number of carbonyl (C=O) groups is 2. The van der Waals surface area contributed by atoms with Gasteiger partial charge in [-0.05, 0) is 12.8 Å². The van der Waals surface area contributed by atoms with Gasteiger partial charge in [0.05, 0.1) is 0 Å². The SMILES string of the molecule is O=C1NC2(CC2)C(=O)N1CC(F)(F)F. The Morgan fingerprint density at radius 2 is 1.93 bits per heavy atom. The molecule has 0 unspecified atom stereocenters. The first-order valence-electron chi connectivity index (χ1n) is 4.05. The third kappa shape index (κ3) is 1.32. The molecule has 0 aromatic carbocycles. The summed E-state index contributed by atoms with van der Waals surface area (Å²) >= 11 is 0. The van der Waals surface area contributed by atoms with Crippen LogP contribution in [0.5, 0.6) is 0 Å². The van der Waals surface area contributed by atoms with Crippen LogP contribution in [0.3, 0.4) is 0 Å². The number of hydrogen-bond donors (Lipinski definition) is 1. The number of alkyl halides is 3. The maximum Gasteiger partial charge on any atom is 0.406 e. The molecular formula is C7H7F3N2O2. The van der Waals surface area contributed by atoms with E-state index in [0.717, 1.165) is 0 Å². The van der Waals surface area contributed by atoms with E-state index in [9.17, 15) is 22.8 Å². The zero-order valence-corrected chi connectivity index (χ0v) is 7.02. The number of urea groups is 1. The number of carbonyl (C=O) groups excluding carboxylic acids is 2. The van der Waals surface area contributed by atoms with Gasteiger partial charge in [-0.2, -0.15) is 13.2 Å². The van der Waals surface area contributed by atoms with Crippen molar-refractivity contribution in [1.29, 1.82) is 0 Å². The topological polar surface area (TPSA) is 49.4 Å². The summed E-state index contributed by atoms with van der Waals surface area (Å²) in [5.41, 5.74) is -0.998. The largest absolute Gasteiger partial charge is 0.406 e. The van der Waals surface area contributed by atoms with Gasteiger partial charge in [-0.15, -0.1) is 0 Å². The van der Waals surface area contributed by atoms with Crippen LogP contribution in [0.15, 0.2) is 0 Å². The van der Waals surface area contributed by atoms with Crippen molar-refractivity contribution in [2.75, 3.05) is 6.54 Å². The lowest BCUT2D eigenvalue weighted by Crippen LogP contribution is -2.39. The Hall–Kier alpha value is -1.27. The van der Waals surface area contributed by atoms with Gasteiger partial charge in [0, 0.05) is 0 Å². The van der Waals surface area contributed by atoms with Gasteiger partial charge < -0.3 is 5.32 Å². The highest BCUT2D eigenvalue weighted by Gasteiger charge is 2.60. The molecule has 1 heterocycles. The van der Waals surface area contributed by atoms with Crippen LogP contribution in [0.2, 0.25) is 0 Å². The summed E-state index contributed by atoms with van der Waals surface area (Å²) in [7, 11) is 0. The molecule has 0 aromatic rings. The highest BCUT2D eigenvalue weighted by Crippen LogP contribution is 2.41. The van der Waals surface area contributed by atoms with Crippen molar-refractivity contribution in [1.82, 2.24) is 10.2 Å². The van der Waals surface area contributed by atoms with Gasteiger partial charge in [0.2, 0.25) is 0 Å². The van der Waals surface area contributed by atoms with Crippen LogP contribution < -0.4 is 5.32 Å². The van der Waals surface area contributed by atoms with Crippen molar-refractivity contribution in [3.05, 3.63) is 0 Å². The molecular weight excluding hydrogens is 201 g/mol. The highest BCUT2D eigenvalue weighted by atomic mass is 19.4. The minimum Gasteiger partial charge on any atom is -0.323 e. The highest BCUT2D eigenvalue weighted by molar-refractivity contribution is 6.08. The number of hydrogen-bond acceptors (Lipinski definition) is 2. The zero-order chi connectivity index (χ0) is 10.6. The summed E-state index contributed by atoms with van der Waals surface area (Å²) in [5.74, 6) is -0.750. The Bertz CT molecular complexity index is 309. The predicted molar refractivity (Wildman–Crippen MR) is 38.3 cm³/mol. The van der Waals surface area contributed by atoms with Crippen molar-refractivity contribution in [3.63, 3.8) is 0 Å². The van der Waals surface area contributed by atoms with Crippen LogP contribution in [0.4, 0.5) is 18.0 Å². The first-order chi connectivity index (χ1) is 6.34. The molecule has 2 rings (SSSR count). The van der Waals surface area contributed by atoms with Crippen molar-refractivity contribution < 1.29 is 22.8 Å². The van der Waals surface area contributed by atoms with E-state index in [1.54, 1.807) is 0 Å². The van der Waals surface area contributed by atoms with Crippen molar-refractivity contribution in [3.8, 4) is 0 Å². The normalized spacial score (nSPS) is 24.4. The van der Waals surface area contributed by atoms with Crippen LogP contribution in [0.25, 0.3) is 0 Å². The summed E-state index contributed by atoms with van der Waals surface area (Å²) in [4.78, 5) is 22.6. The quantitative estimate of drug-likeness (QED) is 0.642. The molecule has 4 nitrogen and oxygen atoms in total. The average Bonchev–Trinajstić information content (AvgIpc) is 2.74. The second-order valence-corrected chi connectivity index (χ2v) is 3.52. The maximum absolute atomic E-state index is 12.0. The molecule has 1 saturated heterocycles. The average molecular weight is 208 g/mol. The van der Waals surface area contributed by atoms with Crippen molar-refractivity contribution in [2.45, 2.75) is 24.6 Å². The molecule has 1 spiro atoms. The summed E-state index contributed by atoms with van der Waals surface area (Å²) in [5, 5.41) is 2.26. The molecule has 1 N–H and O–H groups in total. The number of amides is 3. The minimum atomic E-state index is -4.53. The molecule has 2 fully saturated rings. The molecule has 14 heavy (non-hydrogen) atoms. The second-order valence-electron chi connectivity index (χ2n) is 3.52. The van der Waals surface area contributed by atoms with Gasteiger partial charge in [-0.25, -0.2) is 4.79 Å². The van der Waals surface area contributed by atoms with Crippen LogP contribution in [0.1, 0.15) is 12.8 Å². The summed E-state index contributed by atoms with van der Waals surface area (Å²) in [6.45, 7) is -1.50. The Balaban J connectivity index is 2.13. The van der Waals surface area contributed by atoms with E-state index in [-0.39, 0.29) is 4.90 Å². The summed E-state index contributed by atoms with van der Waals surface area (Å²) in [6.07, 6.45) is -3.66. The fourth-order valence-corrected chi connectivity index (χ4v) is 1.46. The van der Waals surface area contributed by atoms with E-state index in [2.05, 4.69) is 5.32 Å². The predicted octanol–water partition coefficient (Wildman–Crippen LogP) is 0.633. The fraction of sp³-hybridized carbons (Fsp3) is 0.714. The van der Waals surface area contributed by atoms with Crippen LogP contribution in [-0.2, 0) is 4.79 Å². The number of imide groups is 1. The Kier molecular flexibility index (Phi) is 1.59. The van der Waals surface area contributed by atoms with E-state index < -0.39 is 30.2 Å². The number of halogens is 3. The zero-order valence-electron chi connectivity index (χ0n) is 7.02. The van der Waals surface area contributed by atoms with Crippen LogP contribution in [-0.4, -0.2) is 35.1 Å². The first-order valence-corrected chi connectivity index (χ1v) is 4.05. The molecule has 2 aliphatic rings. The van der Waals surface area contributed by atoms with Gasteiger partial charge in [0.1, 0.15) is 12.1 Å². The van der Waals surface area contributed by atoms with E-state index in [1.807, 2.05) is 0 Å². The second kappa shape index (κ2) is 2.40. The van der Waals surface area contributed by atoms with E-state index in [4.69, 9.17) is 0 Å². The molecule has 0 radical (unpaired) electrons. The lowest BCUT2D eigenvalue weighted by Gasteiger charge is -2.14. The Labute approximate surface area is 77.0 Å². The molecule has 7 heteroatoms. The molecule has 0 bridgehead atoms. The third-order valence-electron chi connectivity index (χ3n) is 2.33. The molecule has 1 aliphatic heterocycles. The molecule has 3 amide bonds. The Morgan fingerprint density at radius 1 is 1.36 bits per heavy atom. The molecule has 1 aliphatic carbocycles. The van der Waals surface area contributed by atoms with Gasteiger partial charge in [0.25, 0.3) is 5.91 Å². The molecule has 78 valence electrons. The lowest BCUT2D eigenvalue weighted by molar-refractivity contribution is -0.153. The minimum absolute atomic E-state index is 0.229. The monoisotopic (exact) mass is 208 g/mol. The van der Waals surface area contributed by atoms with E-state index in [1.165, 1.54) is 0 Å². The maximum atomic E-state index is 12.0. The van der Waals surface area contributed by atoms with E-state index >= 15 is 0 Å². The number of nitrogens with one attached hydrogen (secondary N) is 1. The van der Waals surface area contributed by atoms with Gasteiger partial charge in [-0.1, -0.05) is 0 Å². The summed E-state index contributed by atoms with van der Waals surface area (Å²) in [6, 6.07) is -0.940. The number of nitrogens with zero attached hydrogens (tertiary/aromatic N) is 1. The smallest absolute Gasteiger partial charge is 0.323 e. The third-order valence-corrected chi connectivity index (χ3v) is 2.33. The molecule has 0 aromatic heterocycles. The lowest BCUT2D eigenvalue weighted by atomic mass is 10.3. The summed E-state index contributed by atoms with van der Waals surface area (Å²) < 4.78 is 35.9. The first kappa shape index (κ1) is 9.29. The fourth-order valence-electron chi connectivity index (χ4n) is 1.46. The van der Waals surface area contributed by atoms with Crippen molar-refractivity contribution in [2.24, 2.45) is 0 Å². The standard InChI is InChI=1S/C7H7F3N2O2/c8-7(9,10)3-12-4(13)6(1-2-6)11-5(12)14/h1-3H2,(H,11,14). The van der Waals surface area contributed by atoms with Gasteiger partial charge >= 0.3 is 12.2 Å². The van der Waals surface area contributed by atoms with Crippen LogP contribution >= 0.6 is 0 Å². The Morgan fingerprint density at radius 3 is 2.29 bits per heavy atom. The number of rotatable bonds is 1. The van der Waals surface area contributed by atoms with Gasteiger partial charge in [-0.3, -0.25) is 9.69 Å².